The second-order valence-corrected chi connectivity index (χ2v) is 25.1. The summed E-state index contributed by atoms with van der Waals surface area (Å²) in [5.41, 5.74) is 1.45. The van der Waals surface area contributed by atoms with Crippen molar-refractivity contribution < 1.29 is 47.9 Å². The first-order valence-corrected chi connectivity index (χ1v) is 29.9. The summed E-state index contributed by atoms with van der Waals surface area (Å²) < 4.78 is 0. The molecule has 0 aliphatic carbocycles. The van der Waals surface area contributed by atoms with Crippen molar-refractivity contribution in [2.24, 2.45) is 35.5 Å². The van der Waals surface area contributed by atoms with E-state index in [1.54, 1.807) is 27.7 Å². The number of amides is 10. The van der Waals surface area contributed by atoms with Gasteiger partial charge >= 0.3 is 0 Å². The van der Waals surface area contributed by atoms with Crippen LogP contribution in [0.4, 0.5) is 0 Å². The van der Waals surface area contributed by atoms with Crippen molar-refractivity contribution in [1.29, 1.82) is 0 Å². The molecular formula is C62H94N10O10. The van der Waals surface area contributed by atoms with Gasteiger partial charge in [-0.2, -0.15) is 0 Å². The van der Waals surface area contributed by atoms with E-state index in [0.29, 0.717) is 12.8 Å². The first kappa shape index (κ1) is 65.9. The zero-order valence-electron chi connectivity index (χ0n) is 50.5. The van der Waals surface area contributed by atoms with E-state index >= 15 is 0 Å². The lowest BCUT2D eigenvalue weighted by Gasteiger charge is -2.33. The maximum atomic E-state index is 14.9. The van der Waals surface area contributed by atoms with Crippen LogP contribution >= 0.6 is 0 Å². The highest BCUT2D eigenvalue weighted by molar-refractivity contribution is 6.00. The maximum Gasteiger partial charge on any atom is 0.246 e. The molecule has 2 aromatic rings. The van der Waals surface area contributed by atoms with Crippen molar-refractivity contribution >= 4 is 59.1 Å². The lowest BCUT2D eigenvalue weighted by Crippen LogP contribution is -2.62. The molecule has 20 nitrogen and oxygen atoms in total. The highest BCUT2D eigenvalue weighted by Crippen LogP contribution is 2.24. The van der Waals surface area contributed by atoms with Crippen LogP contribution in [0.1, 0.15) is 146 Å². The van der Waals surface area contributed by atoms with E-state index in [9.17, 15) is 47.9 Å². The van der Waals surface area contributed by atoms with Gasteiger partial charge in [-0.15, -0.1) is 0 Å². The number of carbonyl (C=O) groups is 10. The van der Waals surface area contributed by atoms with Gasteiger partial charge in [-0.05, 0) is 98.0 Å². The molecule has 8 N–H and O–H groups in total. The average molecular weight is 1140 g/mol. The van der Waals surface area contributed by atoms with Crippen LogP contribution in [-0.2, 0) is 60.8 Å². The third-order valence-corrected chi connectivity index (χ3v) is 15.3. The quantitative estimate of drug-likeness (QED) is 0.135. The zero-order chi connectivity index (χ0) is 60.5. The van der Waals surface area contributed by atoms with Gasteiger partial charge in [0, 0.05) is 25.9 Å². The molecule has 5 rings (SSSR count). The first-order chi connectivity index (χ1) is 38.7. The fourth-order valence-corrected chi connectivity index (χ4v) is 11.1. The number of nitrogens with zero attached hydrogens (tertiary/aromatic N) is 2. The molecule has 0 radical (unpaired) electrons. The molecule has 3 saturated heterocycles. The van der Waals surface area contributed by atoms with Crippen LogP contribution in [0.15, 0.2) is 60.7 Å². The van der Waals surface area contributed by atoms with Crippen molar-refractivity contribution in [2.45, 2.75) is 208 Å². The lowest BCUT2D eigenvalue weighted by molar-refractivity contribution is -0.143. The average Bonchev–Trinajstić information content (AvgIpc) is 4.24. The Hall–Kier alpha value is -6.86. The van der Waals surface area contributed by atoms with Crippen LogP contribution in [0.2, 0.25) is 0 Å². The summed E-state index contributed by atoms with van der Waals surface area (Å²) in [4.78, 5) is 149. The molecule has 10 atom stereocenters. The second kappa shape index (κ2) is 31.0. The maximum absolute atomic E-state index is 14.9. The summed E-state index contributed by atoms with van der Waals surface area (Å²) in [5.74, 6) is -7.60. The summed E-state index contributed by atoms with van der Waals surface area (Å²) >= 11 is 0. The standard InChI is InChI=1S/C62H94N10O10/c1-35(2)29-43-55(75)67-47(33-41-21-15-13-16-22-41)61(81)71-27-19-25-49(71)57(77)70-52(40(11)12)60(80)66-46(32-38(7)8)54(74)64-44(30-36(3)4)56(76)68-48(34-42-23-17-14-18-24-42)62(82)72-28-20-26-50(72)58(78)69-51(39(9)10)59(79)65-45(31-37(5)6)53(73)63-43/h13-18,21-24,35-40,43-52H,19-20,25-34H2,1-12H3,(H,63,73)(H,64,74)(H,65,79)(H,66,80)(H,67,75)(H,68,76)(H,69,78)(H,70,77)/t43-,44-,45-,46-,47+,48+,49-,50-,51-,52-/m0/s1. The van der Waals surface area contributed by atoms with Gasteiger partial charge in [-0.1, -0.05) is 144 Å². The summed E-state index contributed by atoms with van der Waals surface area (Å²) in [6, 6.07) is 6.73. The number of benzene rings is 2. The molecule has 0 spiro atoms. The number of hydrogen-bond acceptors (Lipinski definition) is 10. The highest BCUT2D eigenvalue weighted by atomic mass is 16.2. The Morgan fingerprint density at radius 1 is 0.354 bits per heavy atom. The zero-order valence-corrected chi connectivity index (χ0v) is 50.5. The number of rotatable bonds is 14. The van der Waals surface area contributed by atoms with E-state index in [4.69, 9.17) is 0 Å². The molecule has 3 fully saturated rings. The Kier molecular flexibility index (Phi) is 24.9. The Balaban J connectivity index is 1.59. The van der Waals surface area contributed by atoms with Gasteiger partial charge < -0.3 is 52.3 Å². The predicted octanol–water partition coefficient (Wildman–Crippen LogP) is 3.84. The van der Waals surface area contributed by atoms with Crippen molar-refractivity contribution in [3.05, 3.63) is 71.8 Å². The molecular weight excluding hydrogens is 1040 g/mol. The van der Waals surface area contributed by atoms with Crippen LogP contribution in [-0.4, -0.2) is 142 Å². The fourth-order valence-electron chi connectivity index (χ4n) is 11.1. The largest absolute Gasteiger partial charge is 0.343 e. The Bertz CT molecular complexity index is 2350. The van der Waals surface area contributed by atoms with E-state index in [-0.39, 0.29) is 88.1 Å². The van der Waals surface area contributed by atoms with E-state index < -0.39 is 131 Å². The molecule has 0 aromatic heterocycles. The van der Waals surface area contributed by atoms with Gasteiger partial charge in [0.1, 0.15) is 60.4 Å². The van der Waals surface area contributed by atoms with Crippen LogP contribution in [0.25, 0.3) is 0 Å². The third-order valence-electron chi connectivity index (χ3n) is 15.3. The normalized spacial score (nSPS) is 26.7. The molecule has 20 heteroatoms. The number of hydrogen-bond donors (Lipinski definition) is 8. The Labute approximate surface area is 485 Å². The summed E-state index contributed by atoms with van der Waals surface area (Å²) in [6.07, 6.45) is 2.18. The molecule has 10 amide bonds. The van der Waals surface area contributed by atoms with Gasteiger partial charge in [0.2, 0.25) is 59.1 Å². The Morgan fingerprint density at radius 2 is 0.622 bits per heavy atom. The second-order valence-electron chi connectivity index (χ2n) is 25.1. The van der Waals surface area contributed by atoms with E-state index in [0.717, 1.165) is 11.1 Å². The number of fused-ring (bicyclic) bond motifs is 2. The van der Waals surface area contributed by atoms with Crippen molar-refractivity contribution in [3.8, 4) is 0 Å². The predicted molar refractivity (Wildman–Crippen MR) is 313 cm³/mol. The summed E-state index contributed by atoms with van der Waals surface area (Å²) in [5, 5.41) is 23.2. The molecule has 3 aliphatic heterocycles. The SMILES string of the molecule is CC(C)C[C@@H]1NC(=O)[C@H](CC(C)C)NC(=O)[C@H](C(C)C)NC(=O)[C@@H]2CCCN2C(=O)[C@@H](Cc2ccccc2)NC(=O)[C@H](CC(C)C)NC(=O)[C@H](CC(C)C)NC(=O)[C@H](C(C)C)NC(=O)[C@@H]2CCCN2C(=O)[C@@H](Cc2ccccc2)NC1=O. The summed E-state index contributed by atoms with van der Waals surface area (Å²) in [6.45, 7) is 22.4. The fraction of sp³-hybridized carbons (Fsp3) is 0.645. The molecule has 2 aromatic carbocycles. The first-order valence-electron chi connectivity index (χ1n) is 29.9. The molecule has 3 heterocycles. The van der Waals surface area contributed by atoms with Gasteiger partial charge in [0.25, 0.3) is 0 Å². The van der Waals surface area contributed by atoms with Gasteiger partial charge in [0.05, 0.1) is 0 Å². The van der Waals surface area contributed by atoms with Crippen molar-refractivity contribution in [2.75, 3.05) is 13.1 Å². The van der Waals surface area contributed by atoms with Crippen LogP contribution in [0.5, 0.6) is 0 Å². The van der Waals surface area contributed by atoms with Gasteiger partial charge in [-0.25, -0.2) is 0 Å². The molecule has 82 heavy (non-hydrogen) atoms. The highest BCUT2D eigenvalue weighted by Gasteiger charge is 2.43. The van der Waals surface area contributed by atoms with Crippen LogP contribution in [0.3, 0.4) is 0 Å². The molecule has 0 unspecified atom stereocenters. The van der Waals surface area contributed by atoms with Gasteiger partial charge in [-0.3, -0.25) is 47.9 Å². The van der Waals surface area contributed by atoms with Crippen molar-refractivity contribution in [3.63, 3.8) is 0 Å². The molecule has 3 aliphatic rings. The van der Waals surface area contributed by atoms with Crippen LogP contribution < -0.4 is 42.5 Å². The minimum Gasteiger partial charge on any atom is -0.343 e. The molecule has 452 valence electrons. The Morgan fingerprint density at radius 3 is 0.890 bits per heavy atom. The van der Waals surface area contributed by atoms with E-state index in [2.05, 4.69) is 42.5 Å². The number of carbonyl (C=O) groups excluding carboxylic acids is 10. The minimum absolute atomic E-state index is 0.0456. The smallest absolute Gasteiger partial charge is 0.246 e. The lowest BCUT2D eigenvalue weighted by atomic mass is 9.97. The molecule has 0 saturated carbocycles. The van der Waals surface area contributed by atoms with Gasteiger partial charge in [0.15, 0.2) is 0 Å². The minimum atomic E-state index is -1.20. The third kappa shape index (κ3) is 19.1. The topological polar surface area (TPSA) is 273 Å². The van der Waals surface area contributed by atoms with Crippen LogP contribution in [0, 0.1) is 35.5 Å². The van der Waals surface area contributed by atoms with Crippen molar-refractivity contribution in [1.82, 2.24) is 52.3 Å². The monoisotopic (exact) mass is 1140 g/mol. The number of nitrogens with one attached hydrogen (secondary N) is 8. The van der Waals surface area contributed by atoms with E-state index in [1.165, 1.54) is 9.80 Å². The van der Waals surface area contributed by atoms with E-state index in [1.807, 2.05) is 116 Å². The summed E-state index contributed by atoms with van der Waals surface area (Å²) in [7, 11) is 0. The molecule has 0 bridgehead atoms.